The number of hydrogen-bond acceptors (Lipinski definition) is 8. The van der Waals surface area contributed by atoms with Crippen LogP contribution >= 0.6 is 12.4 Å². The first-order valence-electron chi connectivity index (χ1n) is 17.3. The summed E-state index contributed by atoms with van der Waals surface area (Å²) in [5.41, 5.74) is 3.37. The number of anilines is 1. The van der Waals surface area contributed by atoms with Gasteiger partial charge in [-0.2, -0.15) is 0 Å². The van der Waals surface area contributed by atoms with Gasteiger partial charge in [-0.25, -0.2) is 9.37 Å². The molecular formula is C38H49ClFN5O5. The van der Waals surface area contributed by atoms with Crippen molar-refractivity contribution in [2.24, 2.45) is 0 Å². The molecule has 10 nitrogen and oxygen atoms in total. The fourth-order valence-electron chi connectivity index (χ4n) is 7.41. The molecule has 2 saturated heterocycles. The molecule has 1 amide bonds. The summed E-state index contributed by atoms with van der Waals surface area (Å²) in [5, 5.41) is 0. The van der Waals surface area contributed by atoms with Gasteiger partial charge in [0.05, 0.1) is 39.0 Å². The Hall–Kier alpha value is -4.06. The molecule has 1 aromatic heterocycles. The quantitative estimate of drug-likeness (QED) is 0.156. The third-order valence-corrected chi connectivity index (χ3v) is 10.1. The van der Waals surface area contributed by atoms with Crippen molar-refractivity contribution < 1.29 is 28.1 Å². The fourth-order valence-corrected chi connectivity index (χ4v) is 7.41. The molecule has 0 aliphatic carbocycles. The molecule has 2 fully saturated rings. The number of imidazole rings is 1. The maximum atomic E-state index is 14.1. The van der Waals surface area contributed by atoms with Gasteiger partial charge in [0.25, 0.3) is 5.91 Å². The molecule has 4 aromatic rings. The summed E-state index contributed by atoms with van der Waals surface area (Å²) in [4.78, 5) is 25.8. The number of amides is 1. The molecule has 2 aliphatic heterocycles. The number of rotatable bonds is 13. The molecule has 1 atom stereocenters. The first-order chi connectivity index (χ1) is 23.9. The highest BCUT2D eigenvalue weighted by Gasteiger charge is 2.42. The number of methoxy groups -OCH3 is 3. The molecule has 3 aromatic carbocycles. The molecule has 270 valence electrons. The summed E-state index contributed by atoms with van der Waals surface area (Å²) >= 11 is 0. The van der Waals surface area contributed by atoms with Crippen molar-refractivity contribution in [3.8, 4) is 17.2 Å². The number of ether oxygens (including phenoxy) is 4. The molecule has 3 heterocycles. The number of likely N-dealkylation sites (tertiary alicyclic amines) is 1. The third-order valence-electron chi connectivity index (χ3n) is 10.1. The van der Waals surface area contributed by atoms with Crippen LogP contribution in [-0.2, 0) is 16.7 Å². The number of halogens is 2. The Labute approximate surface area is 300 Å². The standard InChI is InChI=1S/C38H48FN5O5.ClH/c1-5-49-24-23-44-32-10-7-6-9-31(32)40-37(44)42-18-8-17-41(21-22-42)19-15-38(29-11-13-30(39)14-12-29)16-20-43(27-38)36(45)28-25-33(46-2)35(48-4)34(26-28)47-3;/h6-7,9-14,25-26H,5,8,15-24,27H2,1-4H3;1H. The van der Waals surface area contributed by atoms with E-state index in [1.54, 1.807) is 33.5 Å². The average Bonchev–Trinajstić information content (AvgIpc) is 3.65. The third kappa shape index (κ3) is 7.80. The van der Waals surface area contributed by atoms with Crippen LogP contribution in [0.1, 0.15) is 42.1 Å². The molecule has 2 aliphatic rings. The van der Waals surface area contributed by atoms with Crippen molar-refractivity contribution in [2.45, 2.75) is 38.1 Å². The van der Waals surface area contributed by atoms with E-state index in [1.807, 2.05) is 30.0 Å². The van der Waals surface area contributed by atoms with Crippen LogP contribution in [0.3, 0.4) is 0 Å². The zero-order chi connectivity index (χ0) is 34.4. The predicted molar refractivity (Wildman–Crippen MR) is 196 cm³/mol. The van der Waals surface area contributed by atoms with Crippen molar-refractivity contribution in [1.29, 1.82) is 0 Å². The Kier molecular flexibility index (Phi) is 12.5. The van der Waals surface area contributed by atoms with Crippen molar-refractivity contribution in [3.05, 3.63) is 77.6 Å². The maximum absolute atomic E-state index is 14.1. The van der Waals surface area contributed by atoms with Gasteiger partial charge in [0.2, 0.25) is 11.7 Å². The first-order valence-corrected chi connectivity index (χ1v) is 17.3. The minimum atomic E-state index is -0.302. The van der Waals surface area contributed by atoms with Gasteiger partial charge in [0, 0.05) is 56.9 Å². The highest BCUT2D eigenvalue weighted by atomic mass is 35.5. The van der Waals surface area contributed by atoms with Gasteiger partial charge < -0.3 is 38.2 Å². The van der Waals surface area contributed by atoms with E-state index >= 15 is 0 Å². The molecule has 0 N–H and O–H groups in total. The summed E-state index contributed by atoms with van der Waals surface area (Å²) < 4.78 is 38.6. The normalized spacial score (nSPS) is 18.2. The Bertz CT molecular complexity index is 1710. The van der Waals surface area contributed by atoms with Gasteiger partial charge in [0.15, 0.2) is 11.5 Å². The second kappa shape index (κ2) is 16.8. The number of para-hydroxylation sites is 2. The zero-order valence-corrected chi connectivity index (χ0v) is 30.3. The smallest absolute Gasteiger partial charge is 0.254 e. The molecule has 6 rings (SSSR count). The van der Waals surface area contributed by atoms with Gasteiger partial charge in [-0.1, -0.05) is 24.3 Å². The highest BCUT2D eigenvalue weighted by Crippen LogP contribution is 2.41. The summed E-state index contributed by atoms with van der Waals surface area (Å²) in [6, 6.07) is 18.6. The van der Waals surface area contributed by atoms with E-state index in [1.165, 1.54) is 12.1 Å². The van der Waals surface area contributed by atoms with Crippen LogP contribution in [0.15, 0.2) is 60.7 Å². The summed E-state index contributed by atoms with van der Waals surface area (Å²) in [6.07, 6.45) is 2.66. The van der Waals surface area contributed by atoms with Crippen molar-refractivity contribution >= 4 is 35.3 Å². The number of benzene rings is 3. The van der Waals surface area contributed by atoms with E-state index < -0.39 is 0 Å². The van der Waals surface area contributed by atoms with Crippen LogP contribution in [0.4, 0.5) is 10.3 Å². The van der Waals surface area contributed by atoms with Crippen LogP contribution < -0.4 is 19.1 Å². The lowest BCUT2D eigenvalue weighted by Crippen LogP contribution is -2.39. The number of fused-ring (bicyclic) bond motifs is 1. The zero-order valence-electron chi connectivity index (χ0n) is 29.5. The number of carbonyl (C=O) groups excluding carboxylic acids is 1. The van der Waals surface area contributed by atoms with Crippen LogP contribution in [0, 0.1) is 5.82 Å². The van der Waals surface area contributed by atoms with E-state index in [0.29, 0.717) is 49.1 Å². The molecule has 12 heteroatoms. The molecule has 50 heavy (non-hydrogen) atoms. The SMILES string of the molecule is CCOCCn1c(N2CCCN(CCC3(c4ccc(F)cc4)CCN(C(=O)c4cc(OC)c(OC)c(OC)c4)C3)CC2)nc2ccccc21.Cl. The summed E-state index contributed by atoms with van der Waals surface area (Å²) in [5.74, 6) is 1.97. The monoisotopic (exact) mass is 709 g/mol. The van der Waals surface area contributed by atoms with Crippen LogP contribution in [0.5, 0.6) is 17.2 Å². The van der Waals surface area contributed by atoms with E-state index in [2.05, 4.69) is 32.6 Å². The van der Waals surface area contributed by atoms with Crippen molar-refractivity contribution in [3.63, 3.8) is 0 Å². The van der Waals surface area contributed by atoms with Crippen LogP contribution in [-0.4, -0.2) is 106 Å². The molecular weight excluding hydrogens is 661 g/mol. The molecule has 0 radical (unpaired) electrons. The molecule has 0 saturated carbocycles. The van der Waals surface area contributed by atoms with E-state index in [9.17, 15) is 9.18 Å². The highest BCUT2D eigenvalue weighted by molar-refractivity contribution is 5.96. The minimum Gasteiger partial charge on any atom is -0.493 e. The lowest BCUT2D eigenvalue weighted by molar-refractivity contribution is 0.0780. The number of aromatic nitrogens is 2. The van der Waals surface area contributed by atoms with Gasteiger partial charge in [-0.15, -0.1) is 12.4 Å². The Morgan fingerprint density at radius 2 is 1.64 bits per heavy atom. The van der Waals surface area contributed by atoms with Gasteiger partial charge in [-0.3, -0.25) is 4.79 Å². The van der Waals surface area contributed by atoms with Gasteiger partial charge in [-0.05, 0) is 81.2 Å². The number of hydrogen-bond donors (Lipinski definition) is 0. The Morgan fingerprint density at radius 3 is 2.34 bits per heavy atom. The molecule has 1 unspecified atom stereocenters. The Balaban J connectivity index is 0.00000486. The lowest BCUT2D eigenvalue weighted by atomic mass is 9.76. The first kappa shape index (κ1) is 37.2. The topological polar surface area (TPSA) is 81.5 Å². The van der Waals surface area contributed by atoms with E-state index in [-0.39, 0.29) is 29.5 Å². The Morgan fingerprint density at radius 1 is 0.900 bits per heavy atom. The minimum absolute atomic E-state index is 0. The predicted octanol–water partition coefficient (Wildman–Crippen LogP) is 6.05. The largest absolute Gasteiger partial charge is 0.493 e. The molecule has 0 spiro atoms. The lowest BCUT2D eigenvalue weighted by Gasteiger charge is -2.33. The second-order valence-corrected chi connectivity index (χ2v) is 12.9. The van der Waals surface area contributed by atoms with Gasteiger partial charge in [0.1, 0.15) is 5.82 Å². The average molecular weight is 710 g/mol. The van der Waals surface area contributed by atoms with Crippen LogP contribution in [0.25, 0.3) is 11.0 Å². The van der Waals surface area contributed by atoms with Crippen LogP contribution in [0.2, 0.25) is 0 Å². The number of carbonyl (C=O) groups is 1. The molecule has 0 bridgehead atoms. The van der Waals surface area contributed by atoms with Crippen molar-refractivity contribution in [1.82, 2.24) is 19.4 Å². The maximum Gasteiger partial charge on any atom is 0.254 e. The van der Waals surface area contributed by atoms with E-state index in [0.717, 1.165) is 81.1 Å². The summed E-state index contributed by atoms with van der Waals surface area (Å²) in [6.45, 7) is 9.80. The van der Waals surface area contributed by atoms with Gasteiger partial charge >= 0.3 is 0 Å². The second-order valence-electron chi connectivity index (χ2n) is 12.9. The van der Waals surface area contributed by atoms with E-state index in [4.69, 9.17) is 23.9 Å². The fraction of sp³-hybridized carbons (Fsp3) is 0.474. The van der Waals surface area contributed by atoms with Crippen molar-refractivity contribution in [2.75, 3.05) is 85.3 Å². The number of nitrogens with zero attached hydrogens (tertiary/aromatic N) is 5. The summed E-state index contributed by atoms with van der Waals surface area (Å²) in [7, 11) is 4.63.